The van der Waals surface area contributed by atoms with Gasteiger partial charge in [-0.25, -0.2) is 4.98 Å². The number of hydrogen-bond donors (Lipinski definition) is 2. The number of hydrogen-bond acceptors (Lipinski definition) is 5. The number of amides is 2. The molecular formula is C27H31F3N4O3. The number of piperidine rings is 1. The van der Waals surface area contributed by atoms with Crippen molar-refractivity contribution >= 4 is 17.6 Å². The molecule has 0 radical (unpaired) electrons. The van der Waals surface area contributed by atoms with E-state index in [1.54, 1.807) is 20.0 Å². The summed E-state index contributed by atoms with van der Waals surface area (Å²) in [7, 11) is 0. The van der Waals surface area contributed by atoms with Crippen LogP contribution in [0, 0.1) is 0 Å². The molecule has 2 saturated heterocycles. The average Bonchev–Trinajstić information content (AvgIpc) is 3.61. The third-order valence-corrected chi connectivity index (χ3v) is 7.36. The maximum absolute atomic E-state index is 13.1. The summed E-state index contributed by atoms with van der Waals surface area (Å²) in [4.78, 5) is 32.2. The predicted octanol–water partition coefficient (Wildman–Crippen LogP) is 4.47. The van der Waals surface area contributed by atoms with Gasteiger partial charge in [-0.1, -0.05) is 0 Å². The van der Waals surface area contributed by atoms with E-state index in [1.165, 1.54) is 12.1 Å². The van der Waals surface area contributed by atoms with Gasteiger partial charge in [0.2, 0.25) is 0 Å². The summed E-state index contributed by atoms with van der Waals surface area (Å²) in [6, 6.07) is 8.75. The third kappa shape index (κ3) is 5.67. The summed E-state index contributed by atoms with van der Waals surface area (Å²) >= 11 is 0. The molecule has 10 heteroatoms. The number of fused-ring (bicyclic) bond motifs is 2. The Morgan fingerprint density at radius 1 is 0.919 bits per heavy atom. The Labute approximate surface area is 213 Å². The Hall–Kier alpha value is -3.30. The van der Waals surface area contributed by atoms with E-state index in [9.17, 15) is 22.8 Å². The molecule has 5 rings (SSSR count). The highest BCUT2D eigenvalue weighted by Crippen LogP contribution is 2.39. The third-order valence-electron chi connectivity index (χ3n) is 7.36. The minimum atomic E-state index is -4.43. The van der Waals surface area contributed by atoms with Gasteiger partial charge in [0.25, 0.3) is 11.8 Å². The van der Waals surface area contributed by atoms with Crippen LogP contribution in [0.25, 0.3) is 0 Å². The fourth-order valence-electron chi connectivity index (χ4n) is 5.25. The summed E-state index contributed by atoms with van der Waals surface area (Å²) in [6.45, 7) is 3.21. The molecule has 1 aromatic carbocycles. The lowest BCUT2D eigenvalue weighted by atomic mass is 9.96. The summed E-state index contributed by atoms with van der Waals surface area (Å²) < 4.78 is 44.2. The molecule has 3 fully saturated rings. The van der Waals surface area contributed by atoms with Gasteiger partial charge in [-0.2, -0.15) is 13.2 Å². The number of alkyl halides is 3. The molecule has 2 amide bonds. The van der Waals surface area contributed by atoms with E-state index >= 15 is 0 Å². The topological polar surface area (TPSA) is 83.6 Å². The van der Waals surface area contributed by atoms with Gasteiger partial charge < -0.3 is 20.3 Å². The van der Waals surface area contributed by atoms with Crippen molar-refractivity contribution in [1.29, 1.82) is 0 Å². The molecule has 1 aromatic heterocycles. The Kier molecular flexibility index (Phi) is 6.53. The zero-order valence-corrected chi connectivity index (χ0v) is 20.8. The van der Waals surface area contributed by atoms with Crippen LogP contribution in [0.15, 0.2) is 42.6 Å². The van der Waals surface area contributed by atoms with Crippen LogP contribution in [0.1, 0.15) is 68.3 Å². The first-order valence-corrected chi connectivity index (χ1v) is 12.7. The molecule has 7 nitrogen and oxygen atoms in total. The van der Waals surface area contributed by atoms with Gasteiger partial charge in [0.15, 0.2) is 5.60 Å². The number of rotatable bonds is 7. The van der Waals surface area contributed by atoms with Crippen molar-refractivity contribution in [3.05, 3.63) is 53.7 Å². The van der Waals surface area contributed by atoms with Crippen molar-refractivity contribution in [2.45, 2.75) is 88.3 Å². The summed E-state index contributed by atoms with van der Waals surface area (Å²) in [5.74, 6) is 0.635. The predicted molar refractivity (Wildman–Crippen MR) is 131 cm³/mol. The highest BCUT2D eigenvalue weighted by molar-refractivity contribution is 5.94. The highest BCUT2D eigenvalue weighted by atomic mass is 19.4. The van der Waals surface area contributed by atoms with E-state index in [2.05, 4.69) is 20.5 Å². The molecule has 1 aliphatic carbocycles. The number of halogens is 3. The molecule has 3 atom stereocenters. The number of carbonyl (C=O) groups excluding carboxylic acids is 2. The fourth-order valence-corrected chi connectivity index (χ4v) is 5.25. The Bertz CT molecular complexity index is 1130. The number of nitrogens with zero attached hydrogens (tertiary/aromatic N) is 2. The van der Waals surface area contributed by atoms with Crippen LogP contribution in [0.3, 0.4) is 0 Å². The van der Waals surface area contributed by atoms with Gasteiger partial charge in [0, 0.05) is 30.4 Å². The van der Waals surface area contributed by atoms with Crippen LogP contribution < -0.4 is 20.3 Å². The average molecular weight is 517 g/mol. The van der Waals surface area contributed by atoms with E-state index in [0.717, 1.165) is 56.5 Å². The number of ether oxygens (including phenoxy) is 1. The van der Waals surface area contributed by atoms with Crippen molar-refractivity contribution in [2.24, 2.45) is 0 Å². The number of pyridine rings is 1. The first-order chi connectivity index (χ1) is 17.5. The lowest BCUT2D eigenvalue weighted by Crippen LogP contribution is -2.55. The quantitative estimate of drug-likeness (QED) is 0.568. The van der Waals surface area contributed by atoms with Crippen molar-refractivity contribution in [3.8, 4) is 5.75 Å². The van der Waals surface area contributed by atoms with E-state index in [4.69, 9.17) is 4.74 Å². The maximum atomic E-state index is 13.1. The van der Waals surface area contributed by atoms with Crippen LogP contribution in [0.5, 0.6) is 5.75 Å². The van der Waals surface area contributed by atoms with E-state index in [1.807, 2.05) is 12.1 Å². The van der Waals surface area contributed by atoms with Crippen LogP contribution in [0.4, 0.5) is 19.0 Å². The second-order valence-electron chi connectivity index (χ2n) is 10.7. The number of benzene rings is 1. The first-order valence-electron chi connectivity index (χ1n) is 12.7. The van der Waals surface area contributed by atoms with Gasteiger partial charge in [-0.05, 0) is 88.8 Å². The molecule has 3 heterocycles. The van der Waals surface area contributed by atoms with Gasteiger partial charge in [-0.15, -0.1) is 0 Å². The minimum absolute atomic E-state index is 0.0414. The fraction of sp³-hybridized carbons (Fsp3) is 0.519. The van der Waals surface area contributed by atoms with Crippen LogP contribution in [0.2, 0.25) is 0 Å². The second kappa shape index (κ2) is 9.54. The van der Waals surface area contributed by atoms with Crippen LogP contribution in [-0.4, -0.2) is 46.6 Å². The van der Waals surface area contributed by atoms with E-state index in [0.29, 0.717) is 11.6 Å². The summed E-state index contributed by atoms with van der Waals surface area (Å²) in [6.07, 6.45) is 2.76. The molecule has 2 aliphatic heterocycles. The van der Waals surface area contributed by atoms with Crippen molar-refractivity contribution < 1.29 is 27.5 Å². The zero-order valence-electron chi connectivity index (χ0n) is 20.8. The Balaban J connectivity index is 1.17. The minimum Gasteiger partial charge on any atom is -0.478 e. The molecule has 2 bridgehead atoms. The number of carbonyl (C=O) groups is 2. The first kappa shape index (κ1) is 25.4. The number of aromatic nitrogens is 1. The van der Waals surface area contributed by atoms with Gasteiger partial charge >= 0.3 is 6.18 Å². The summed E-state index contributed by atoms with van der Waals surface area (Å²) in [5.41, 5.74) is -1.47. The maximum Gasteiger partial charge on any atom is 0.416 e. The molecule has 198 valence electrons. The van der Waals surface area contributed by atoms with Crippen molar-refractivity contribution in [3.63, 3.8) is 0 Å². The Morgan fingerprint density at radius 2 is 1.57 bits per heavy atom. The van der Waals surface area contributed by atoms with Crippen LogP contribution in [-0.2, 0) is 11.0 Å². The van der Waals surface area contributed by atoms with Gasteiger partial charge in [0.1, 0.15) is 11.6 Å². The lowest BCUT2D eigenvalue weighted by Gasteiger charge is -2.40. The molecule has 3 aliphatic rings. The molecule has 1 saturated carbocycles. The van der Waals surface area contributed by atoms with Crippen molar-refractivity contribution in [2.75, 3.05) is 4.90 Å². The highest BCUT2D eigenvalue weighted by Gasteiger charge is 2.43. The number of nitrogens with one attached hydrogen (secondary N) is 2. The van der Waals surface area contributed by atoms with Gasteiger partial charge in [0.05, 0.1) is 11.1 Å². The lowest BCUT2D eigenvalue weighted by molar-refractivity contribution is -0.138. The molecule has 2 aromatic rings. The molecule has 0 spiro atoms. The molecule has 37 heavy (non-hydrogen) atoms. The second-order valence-corrected chi connectivity index (χ2v) is 10.7. The van der Waals surface area contributed by atoms with E-state index in [-0.39, 0.29) is 35.7 Å². The summed E-state index contributed by atoms with van der Waals surface area (Å²) in [5, 5.41) is 6.06. The smallest absolute Gasteiger partial charge is 0.416 e. The standard InChI is InChI=1S/C27H31F3N4O3/c1-26(2,37-22-10-4-17(5-11-22)27(28,29)30)25(36)33-19-13-20-8-9-21(14-19)34(20)23-12-3-16(15-31-23)24(35)32-18-6-7-18/h3-5,10-12,15,18-21H,6-9,13-14H2,1-2H3,(H,32,35)(H,33,36)/t19-,20+,21-. The molecule has 2 N–H and O–H groups in total. The van der Waals surface area contributed by atoms with Crippen LogP contribution >= 0.6 is 0 Å². The van der Waals surface area contributed by atoms with E-state index < -0.39 is 17.3 Å². The number of anilines is 1. The monoisotopic (exact) mass is 516 g/mol. The van der Waals surface area contributed by atoms with Gasteiger partial charge in [-0.3, -0.25) is 9.59 Å². The molecule has 0 unspecified atom stereocenters. The normalized spacial score (nSPS) is 23.5. The largest absolute Gasteiger partial charge is 0.478 e. The zero-order chi connectivity index (χ0) is 26.4. The SMILES string of the molecule is CC(C)(Oc1ccc(C(F)(F)F)cc1)C(=O)N[C@H]1C[C@H]2CC[C@@H](C1)N2c1ccc(C(=O)NC2CC2)cn1. The van der Waals surface area contributed by atoms with Crippen molar-refractivity contribution in [1.82, 2.24) is 15.6 Å². The molecular weight excluding hydrogens is 485 g/mol. The Morgan fingerprint density at radius 3 is 2.11 bits per heavy atom.